The summed E-state index contributed by atoms with van der Waals surface area (Å²) in [5.74, 6) is 0. The fraction of sp³-hybridized carbons (Fsp3) is 0.182. The van der Waals surface area contributed by atoms with Crippen LogP contribution in [0.3, 0.4) is 0 Å². The van der Waals surface area contributed by atoms with Crippen molar-refractivity contribution < 1.29 is 0 Å². The van der Waals surface area contributed by atoms with Crippen LogP contribution >= 0.6 is 27.3 Å². The van der Waals surface area contributed by atoms with Gasteiger partial charge in [0.15, 0.2) is 4.96 Å². The maximum absolute atomic E-state index is 4.48. The smallest absolute Gasteiger partial charge is 0.194 e. The molecular weight excluding hydrogens is 272 g/mol. The second-order valence-electron chi connectivity index (χ2n) is 3.57. The van der Waals surface area contributed by atoms with Crippen molar-refractivity contribution in [1.29, 1.82) is 0 Å². The molecule has 0 bridgehead atoms. The van der Waals surface area contributed by atoms with Gasteiger partial charge in [-0.2, -0.15) is 0 Å². The van der Waals surface area contributed by atoms with E-state index in [1.54, 1.807) is 11.3 Å². The van der Waals surface area contributed by atoms with Gasteiger partial charge in [0.1, 0.15) is 0 Å². The lowest BCUT2D eigenvalue weighted by molar-refractivity contribution is 1.28. The number of benzene rings is 1. The Morgan fingerprint density at radius 3 is 3.13 bits per heavy atom. The highest BCUT2D eigenvalue weighted by atomic mass is 79.9. The summed E-state index contributed by atoms with van der Waals surface area (Å²) in [6.07, 6.45) is 2.09. The quantitative estimate of drug-likeness (QED) is 0.621. The maximum atomic E-state index is 4.48. The average molecular weight is 281 g/mol. The van der Waals surface area contributed by atoms with Crippen molar-refractivity contribution in [3.05, 3.63) is 35.7 Å². The van der Waals surface area contributed by atoms with Crippen LogP contribution in [-0.2, 0) is 5.33 Å². The number of aryl methyl sites for hydroxylation is 1. The molecule has 15 heavy (non-hydrogen) atoms. The van der Waals surface area contributed by atoms with E-state index in [0.29, 0.717) is 0 Å². The molecule has 0 aliphatic carbocycles. The zero-order chi connectivity index (χ0) is 10.4. The number of aromatic nitrogens is 2. The van der Waals surface area contributed by atoms with E-state index in [4.69, 9.17) is 0 Å². The van der Waals surface area contributed by atoms with Gasteiger partial charge in [0.25, 0.3) is 0 Å². The molecule has 2 nitrogen and oxygen atoms in total. The average Bonchev–Trinajstić information content (AvgIpc) is 2.72. The number of fused-ring (bicyclic) bond motifs is 3. The summed E-state index contributed by atoms with van der Waals surface area (Å²) in [6.45, 7) is 2.03. The Labute approximate surface area is 99.7 Å². The number of alkyl halides is 1. The van der Waals surface area contributed by atoms with E-state index in [9.17, 15) is 0 Å². The van der Waals surface area contributed by atoms with Crippen molar-refractivity contribution in [2.45, 2.75) is 12.3 Å². The van der Waals surface area contributed by atoms with Gasteiger partial charge in [-0.25, -0.2) is 4.98 Å². The van der Waals surface area contributed by atoms with Crippen LogP contribution in [0.4, 0.5) is 0 Å². The summed E-state index contributed by atoms with van der Waals surface area (Å²) >= 11 is 5.21. The van der Waals surface area contributed by atoms with Crippen molar-refractivity contribution in [3.63, 3.8) is 0 Å². The molecular formula is C11H9BrN2S. The van der Waals surface area contributed by atoms with Crippen LogP contribution in [0, 0.1) is 6.92 Å². The summed E-state index contributed by atoms with van der Waals surface area (Å²) in [5.41, 5.74) is 3.64. The fourth-order valence-electron chi connectivity index (χ4n) is 1.74. The number of nitrogens with zero attached hydrogens (tertiary/aromatic N) is 2. The van der Waals surface area contributed by atoms with Gasteiger partial charge >= 0.3 is 0 Å². The predicted molar refractivity (Wildman–Crippen MR) is 67.9 cm³/mol. The molecule has 2 heterocycles. The summed E-state index contributed by atoms with van der Waals surface area (Å²) in [7, 11) is 0. The first-order valence-electron chi connectivity index (χ1n) is 4.71. The maximum Gasteiger partial charge on any atom is 0.194 e. The number of rotatable bonds is 1. The molecule has 0 amide bonds. The lowest BCUT2D eigenvalue weighted by Gasteiger charge is -1.95. The normalized spacial score (nSPS) is 11.6. The Kier molecular flexibility index (Phi) is 2.07. The molecule has 1 aromatic carbocycles. The lowest BCUT2D eigenvalue weighted by Crippen LogP contribution is -1.79. The highest BCUT2D eigenvalue weighted by molar-refractivity contribution is 9.08. The molecule has 0 radical (unpaired) electrons. The Morgan fingerprint density at radius 1 is 1.47 bits per heavy atom. The van der Waals surface area contributed by atoms with Crippen molar-refractivity contribution in [1.82, 2.24) is 9.38 Å². The lowest BCUT2D eigenvalue weighted by atomic mass is 10.2. The second-order valence-corrected chi connectivity index (χ2v) is 5.14. The Hall–Kier alpha value is -0.870. The summed E-state index contributed by atoms with van der Waals surface area (Å²) in [4.78, 5) is 5.55. The zero-order valence-electron chi connectivity index (χ0n) is 8.20. The highest BCUT2D eigenvalue weighted by Gasteiger charge is 2.06. The minimum Gasteiger partial charge on any atom is -0.290 e. The molecule has 2 aromatic heterocycles. The summed E-state index contributed by atoms with van der Waals surface area (Å²) in [6, 6.07) is 6.54. The van der Waals surface area contributed by atoms with E-state index in [2.05, 4.69) is 49.7 Å². The molecule has 0 aliphatic rings. The number of hydrogen-bond donors (Lipinski definition) is 0. The molecule has 0 unspecified atom stereocenters. The molecule has 0 spiro atoms. The third-order valence-electron chi connectivity index (χ3n) is 2.43. The number of halogens is 1. The predicted octanol–water partition coefficient (Wildman–Crippen LogP) is 3.75. The molecule has 0 N–H and O–H groups in total. The highest BCUT2D eigenvalue weighted by Crippen LogP contribution is 2.27. The Balaban J connectivity index is 2.40. The first kappa shape index (κ1) is 9.36. The Bertz CT molecular complexity index is 638. The summed E-state index contributed by atoms with van der Waals surface area (Å²) in [5, 5.41) is 0.905. The van der Waals surface area contributed by atoms with Gasteiger partial charge in [0, 0.05) is 11.5 Å². The van der Waals surface area contributed by atoms with Gasteiger partial charge in [-0.05, 0) is 24.6 Å². The number of thiazole rings is 1. The van der Waals surface area contributed by atoms with Gasteiger partial charge in [0.05, 0.1) is 15.9 Å². The molecule has 0 aliphatic heterocycles. The van der Waals surface area contributed by atoms with E-state index in [1.807, 2.05) is 6.92 Å². The fourth-order valence-corrected chi connectivity index (χ4v) is 3.21. The number of hydrogen-bond acceptors (Lipinski definition) is 2. The standard InChI is InChI=1S/C11H9BrN2S/c1-7-6-14-9-3-2-8(5-12)4-10(9)15-11(14)13-7/h2-4,6H,5H2,1H3. The van der Waals surface area contributed by atoms with E-state index in [1.165, 1.54) is 15.8 Å². The SMILES string of the molecule is Cc1cn2c(n1)sc1cc(CBr)ccc12. The minimum absolute atomic E-state index is 0.905. The topological polar surface area (TPSA) is 17.3 Å². The largest absolute Gasteiger partial charge is 0.290 e. The van der Waals surface area contributed by atoms with Gasteiger partial charge < -0.3 is 0 Å². The van der Waals surface area contributed by atoms with E-state index in [-0.39, 0.29) is 0 Å². The molecule has 0 saturated carbocycles. The molecule has 3 aromatic rings. The van der Waals surface area contributed by atoms with Gasteiger partial charge in [0.2, 0.25) is 0 Å². The number of imidazole rings is 1. The van der Waals surface area contributed by atoms with E-state index >= 15 is 0 Å². The van der Waals surface area contributed by atoms with Crippen LogP contribution in [-0.4, -0.2) is 9.38 Å². The first-order chi connectivity index (χ1) is 7.28. The molecule has 0 atom stereocenters. The minimum atomic E-state index is 0.905. The second kappa shape index (κ2) is 3.32. The van der Waals surface area contributed by atoms with Crippen molar-refractivity contribution >= 4 is 42.4 Å². The van der Waals surface area contributed by atoms with Crippen LogP contribution in [0.25, 0.3) is 15.2 Å². The van der Waals surface area contributed by atoms with E-state index in [0.717, 1.165) is 16.0 Å². The van der Waals surface area contributed by atoms with Crippen LogP contribution in [0.2, 0.25) is 0 Å². The molecule has 76 valence electrons. The first-order valence-corrected chi connectivity index (χ1v) is 6.65. The Morgan fingerprint density at radius 2 is 2.33 bits per heavy atom. The molecule has 0 saturated heterocycles. The van der Waals surface area contributed by atoms with Crippen LogP contribution in [0.15, 0.2) is 24.4 Å². The third kappa shape index (κ3) is 1.40. The molecule has 3 rings (SSSR count). The van der Waals surface area contributed by atoms with Crippen LogP contribution in [0.5, 0.6) is 0 Å². The van der Waals surface area contributed by atoms with Gasteiger partial charge in [-0.3, -0.25) is 4.40 Å². The van der Waals surface area contributed by atoms with Crippen molar-refractivity contribution in [2.24, 2.45) is 0 Å². The zero-order valence-corrected chi connectivity index (χ0v) is 10.6. The van der Waals surface area contributed by atoms with Crippen LogP contribution in [0.1, 0.15) is 11.3 Å². The molecule has 4 heteroatoms. The van der Waals surface area contributed by atoms with Gasteiger partial charge in [-0.15, -0.1) is 0 Å². The van der Waals surface area contributed by atoms with Crippen molar-refractivity contribution in [3.8, 4) is 0 Å². The van der Waals surface area contributed by atoms with Gasteiger partial charge in [-0.1, -0.05) is 33.3 Å². The van der Waals surface area contributed by atoms with Crippen LogP contribution < -0.4 is 0 Å². The monoisotopic (exact) mass is 280 g/mol. The van der Waals surface area contributed by atoms with E-state index < -0.39 is 0 Å². The van der Waals surface area contributed by atoms with Crippen molar-refractivity contribution in [2.75, 3.05) is 0 Å². The third-order valence-corrected chi connectivity index (χ3v) is 4.10. The summed E-state index contributed by atoms with van der Waals surface area (Å²) < 4.78 is 3.46. The molecule has 0 fully saturated rings.